The Morgan fingerprint density at radius 3 is 2.81 bits per heavy atom. The second-order valence-corrected chi connectivity index (χ2v) is 4.47. The van der Waals surface area contributed by atoms with E-state index in [0.717, 1.165) is 25.9 Å². The monoisotopic (exact) mass is 219 g/mol. The first-order chi connectivity index (χ1) is 7.74. The fourth-order valence-corrected chi connectivity index (χ4v) is 2.36. The standard InChI is InChI=1S/C13H17NO2/c15-13(16)10-14-7-6-12(9-14)8-11-4-2-1-3-5-11/h1-5,12H,6-10H2,(H,15,16). The Bertz CT molecular complexity index is 350. The van der Waals surface area contributed by atoms with Gasteiger partial charge in [-0.2, -0.15) is 0 Å². The van der Waals surface area contributed by atoms with Gasteiger partial charge in [-0.25, -0.2) is 0 Å². The molecule has 0 spiro atoms. The van der Waals surface area contributed by atoms with E-state index in [4.69, 9.17) is 5.11 Å². The number of likely N-dealkylation sites (tertiary alicyclic amines) is 1. The predicted molar refractivity (Wildman–Crippen MR) is 62.3 cm³/mol. The van der Waals surface area contributed by atoms with Crippen LogP contribution in [0.15, 0.2) is 30.3 Å². The molecule has 1 aliphatic rings. The summed E-state index contributed by atoms with van der Waals surface area (Å²) >= 11 is 0. The molecule has 3 heteroatoms. The summed E-state index contributed by atoms with van der Waals surface area (Å²) in [6.07, 6.45) is 2.18. The Kier molecular flexibility index (Phi) is 3.57. The first-order valence-corrected chi connectivity index (χ1v) is 5.72. The largest absolute Gasteiger partial charge is 0.480 e. The quantitative estimate of drug-likeness (QED) is 0.836. The highest BCUT2D eigenvalue weighted by molar-refractivity contribution is 5.69. The van der Waals surface area contributed by atoms with Gasteiger partial charge >= 0.3 is 5.97 Å². The van der Waals surface area contributed by atoms with Crippen LogP contribution in [0.2, 0.25) is 0 Å². The van der Waals surface area contributed by atoms with Gasteiger partial charge in [0, 0.05) is 6.54 Å². The number of carboxylic acid groups (broad SMARTS) is 1. The Balaban J connectivity index is 1.83. The van der Waals surface area contributed by atoms with E-state index in [0.29, 0.717) is 5.92 Å². The normalized spacial score (nSPS) is 21.1. The number of carbonyl (C=O) groups is 1. The minimum Gasteiger partial charge on any atom is -0.480 e. The van der Waals surface area contributed by atoms with Crippen LogP contribution in [0.25, 0.3) is 0 Å². The molecule has 3 nitrogen and oxygen atoms in total. The number of benzene rings is 1. The molecule has 1 N–H and O–H groups in total. The molecule has 1 unspecified atom stereocenters. The molecule has 1 heterocycles. The van der Waals surface area contributed by atoms with E-state index >= 15 is 0 Å². The highest BCUT2D eigenvalue weighted by Crippen LogP contribution is 2.20. The summed E-state index contributed by atoms with van der Waals surface area (Å²) < 4.78 is 0. The summed E-state index contributed by atoms with van der Waals surface area (Å²) in [5.74, 6) is -0.109. The van der Waals surface area contributed by atoms with E-state index in [1.165, 1.54) is 5.56 Å². The SMILES string of the molecule is O=C(O)CN1CCC(Cc2ccccc2)C1. The fourth-order valence-electron chi connectivity index (χ4n) is 2.36. The zero-order chi connectivity index (χ0) is 11.4. The molecule has 1 aromatic carbocycles. The van der Waals surface area contributed by atoms with Crippen molar-refractivity contribution in [3.63, 3.8) is 0 Å². The third kappa shape index (κ3) is 3.07. The first kappa shape index (κ1) is 11.1. The van der Waals surface area contributed by atoms with Crippen molar-refractivity contribution >= 4 is 5.97 Å². The fraction of sp³-hybridized carbons (Fsp3) is 0.462. The lowest BCUT2D eigenvalue weighted by Crippen LogP contribution is -2.27. The minimum absolute atomic E-state index is 0.186. The van der Waals surface area contributed by atoms with Crippen LogP contribution in [-0.4, -0.2) is 35.6 Å². The van der Waals surface area contributed by atoms with Gasteiger partial charge in [-0.15, -0.1) is 0 Å². The van der Waals surface area contributed by atoms with Crippen molar-refractivity contribution in [3.05, 3.63) is 35.9 Å². The smallest absolute Gasteiger partial charge is 0.317 e. The van der Waals surface area contributed by atoms with Crippen LogP contribution in [0, 0.1) is 5.92 Å². The molecule has 1 atom stereocenters. The van der Waals surface area contributed by atoms with Crippen molar-refractivity contribution in [2.24, 2.45) is 5.92 Å². The van der Waals surface area contributed by atoms with Crippen molar-refractivity contribution in [1.29, 1.82) is 0 Å². The number of aliphatic carboxylic acids is 1. The summed E-state index contributed by atoms with van der Waals surface area (Å²) in [6.45, 7) is 2.02. The molecule has 0 aromatic heterocycles. The lowest BCUT2D eigenvalue weighted by atomic mass is 9.99. The van der Waals surface area contributed by atoms with Crippen LogP contribution in [-0.2, 0) is 11.2 Å². The third-order valence-electron chi connectivity index (χ3n) is 3.10. The van der Waals surface area contributed by atoms with E-state index in [1.54, 1.807) is 0 Å². The van der Waals surface area contributed by atoms with Crippen molar-refractivity contribution in [3.8, 4) is 0 Å². The van der Waals surface area contributed by atoms with Gasteiger partial charge in [-0.05, 0) is 30.9 Å². The van der Waals surface area contributed by atoms with Crippen molar-refractivity contribution in [2.45, 2.75) is 12.8 Å². The molecule has 1 aromatic rings. The minimum atomic E-state index is -0.722. The summed E-state index contributed by atoms with van der Waals surface area (Å²) in [5, 5.41) is 8.71. The van der Waals surface area contributed by atoms with E-state index in [9.17, 15) is 4.79 Å². The molecule has 0 bridgehead atoms. The van der Waals surface area contributed by atoms with Crippen LogP contribution < -0.4 is 0 Å². The van der Waals surface area contributed by atoms with Crippen molar-refractivity contribution < 1.29 is 9.90 Å². The predicted octanol–water partition coefficient (Wildman–Crippen LogP) is 1.64. The van der Waals surface area contributed by atoms with Gasteiger partial charge in [0.15, 0.2) is 0 Å². The molecular formula is C13H17NO2. The zero-order valence-electron chi connectivity index (χ0n) is 9.30. The number of carboxylic acids is 1. The van der Waals surface area contributed by atoms with Gasteiger partial charge < -0.3 is 5.11 Å². The molecule has 16 heavy (non-hydrogen) atoms. The maximum atomic E-state index is 10.6. The molecule has 0 saturated carbocycles. The van der Waals surface area contributed by atoms with Gasteiger partial charge in [0.25, 0.3) is 0 Å². The second kappa shape index (κ2) is 5.12. The van der Waals surface area contributed by atoms with Crippen LogP contribution in [0.1, 0.15) is 12.0 Å². The average Bonchev–Trinajstić information content (AvgIpc) is 2.66. The maximum Gasteiger partial charge on any atom is 0.317 e. The van der Waals surface area contributed by atoms with Crippen LogP contribution in [0.3, 0.4) is 0 Å². The van der Waals surface area contributed by atoms with Crippen LogP contribution >= 0.6 is 0 Å². The van der Waals surface area contributed by atoms with Gasteiger partial charge in [0.1, 0.15) is 0 Å². The Morgan fingerprint density at radius 1 is 1.38 bits per heavy atom. The molecule has 0 radical (unpaired) electrons. The second-order valence-electron chi connectivity index (χ2n) is 4.47. The Hall–Kier alpha value is -1.35. The molecule has 0 amide bonds. The summed E-state index contributed by atoms with van der Waals surface area (Å²) in [6, 6.07) is 10.4. The highest BCUT2D eigenvalue weighted by atomic mass is 16.4. The molecular weight excluding hydrogens is 202 g/mol. The summed E-state index contributed by atoms with van der Waals surface area (Å²) in [4.78, 5) is 12.6. The topological polar surface area (TPSA) is 40.5 Å². The third-order valence-corrected chi connectivity index (χ3v) is 3.10. The lowest BCUT2D eigenvalue weighted by Gasteiger charge is -2.13. The van der Waals surface area contributed by atoms with E-state index in [1.807, 2.05) is 11.0 Å². The molecule has 1 aliphatic heterocycles. The van der Waals surface area contributed by atoms with E-state index in [2.05, 4.69) is 24.3 Å². The number of hydrogen-bond acceptors (Lipinski definition) is 2. The molecule has 0 aliphatic carbocycles. The summed E-state index contributed by atoms with van der Waals surface area (Å²) in [7, 11) is 0. The molecule has 86 valence electrons. The van der Waals surface area contributed by atoms with Gasteiger partial charge in [0.2, 0.25) is 0 Å². The highest BCUT2D eigenvalue weighted by Gasteiger charge is 2.23. The van der Waals surface area contributed by atoms with Gasteiger partial charge in [-0.1, -0.05) is 30.3 Å². The maximum absolute atomic E-state index is 10.6. The molecule has 1 saturated heterocycles. The molecule has 2 rings (SSSR count). The lowest BCUT2D eigenvalue weighted by molar-refractivity contribution is -0.138. The zero-order valence-corrected chi connectivity index (χ0v) is 9.30. The first-order valence-electron chi connectivity index (χ1n) is 5.72. The Morgan fingerprint density at radius 2 is 2.12 bits per heavy atom. The van der Waals surface area contributed by atoms with Crippen molar-refractivity contribution in [2.75, 3.05) is 19.6 Å². The van der Waals surface area contributed by atoms with Gasteiger partial charge in [0.05, 0.1) is 6.54 Å². The number of rotatable bonds is 4. The van der Waals surface area contributed by atoms with E-state index < -0.39 is 5.97 Å². The van der Waals surface area contributed by atoms with E-state index in [-0.39, 0.29) is 6.54 Å². The van der Waals surface area contributed by atoms with Crippen molar-refractivity contribution in [1.82, 2.24) is 4.90 Å². The number of nitrogens with zero attached hydrogens (tertiary/aromatic N) is 1. The average molecular weight is 219 g/mol. The Labute approximate surface area is 95.7 Å². The summed E-state index contributed by atoms with van der Waals surface area (Å²) in [5.41, 5.74) is 1.35. The molecule has 1 fully saturated rings. The van der Waals surface area contributed by atoms with Gasteiger partial charge in [-0.3, -0.25) is 9.69 Å². The van der Waals surface area contributed by atoms with Crippen LogP contribution in [0.4, 0.5) is 0 Å². The number of hydrogen-bond donors (Lipinski definition) is 1. The van der Waals surface area contributed by atoms with Crippen LogP contribution in [0.5, 0.6) is 0 Å².